The van der Waals surface area contributed by atoms with Crippen molar-refractivity contribution in [2.75, 3.05) is 18.4 Å². The second kappa shape index (κ2) is 7.39. The second-order valence-electron chi connectivity index (χ2n) is 6.26. The predicted octanol–water partition coefficient (Wildman–Crippen LogP) is 3.46. The van der Waals surface area contributed by atoms with Gasteiger partial charge in [0.05, 0.1) is 15.1 Å². The topological polar surface area (TPSA) is 79.4 Å². The maximum atomic E-state index is 12.7. The van der Waals surface area contributed by atoms with Crippen LogP contribution in [0.5, 0.6) is 0 Å². The van der Waals surface area contributed by atoms with Crippen LogP contribution < -0.4 is 5.32 Å². The third-order valence-electron chi connectivity index (χ3n) is 4.65. The van der Waals surface area contributed by atoms with Gasteiger partial charge in [0.2, 0.25) is 15.9 Å². The first-order chi connectivity index (χ1) is 12.0. The number of nitrogens with zero attached hydrogens (tertiary/aromatic N) is 2. The number of aromatic nitrogens is 1. The van der Waals surface area contributed by atoms with Crippen molar-refractivity contribution >= 4 is 42.6 Å². The van der Waals surface area contributed by atoms with E-state index in [1.165, 1.54) is 15.6 Å². The van der Waals surface area contributed by atoms with Crippen molar-refractivity contribution in [2.45, 2.75) is 44.4 Å². The first-order valence-electron chi connectivity index (χ1n) is 8.67. The molecule has 6 nitrogen and oxygen atoms in total. The van der Waals surface area contributed by atoms with Gasteiger partial charge in [0.15, 0.2) is 5.13 Å². The minimum atomic E-state index is -3.44. The van der Waals surface area contributed by atoms with E-state index in [1.807, 2.05) is 13.8 Å². The number of fused-ring (bicyclic) bond motifs is 1. The minimum absolute atomic E-state index is 0.0295. The summed E-state index contributed by atoms with van der Waals surface area (Å²) in [5.41, 5.74) is 0.699. The fourth-order valence-corrected chi connectivity index (χ4v) is 5.59. The maximum Gasteiger partial charge on any atom is 0.243 e. The average molecular weight is 382 g/mol. The number of anilines is 1. The molecule has 0 bridgehead atoms. The maximum absolute atomic E-state index is 12.7. The largest absolute Gasteiger partial charge is 0.302 e. The molecular weight excluding hydrogens is 358 g/mol. The van der Waals surface area contributed by atoms with E-state index in [1.54, 1.807) is 18.2 Å². The molecule has 0 spiro atoms. The molecule has 0 aliphatic carbocycles. The van der Waals surface area contributed by atoms with Crippen LogP contribution in [0.2, 0.25) is 0 Å². The van der Waals surface area contributed by atoms with Crippen LogP contribution in [-0.2, 0) is 14.8 Å². The fraction of sp³-hybridized carbons (Fsp3) is 0.529. The Labute approximate surface area is 152 Å². The lowest BCUT2D eigenvalue weighted by Gasteiger charge is -2.15. The standard InChI is InChI=1S/C17H23N3O3S2/c1-3-12(4-2)16(21)19-17-18-14-8-7-13(11-15(14)24-17)25(22,23)20-9-5-6-10-20/h7-8,11-12H,3-6,9-10H2,1-2H3,(H,18,19,21). The van der Waals surface area contributed by atoms with Crippen molar-refractivity contribution in [1.82, 2.24) is 9.29 Å². The number of hydrogen-bond acceptors (Lipinski definition) is 5. The number of benzene rings is 1. The van der Waals surface area contributed by atoms with E-state index >= 15 is 0 Å². The van der Waals surface area contributed by atoms with Crippen LogP contribution in [0, 0.1) is 5.92 Å². The van der Waals surface area contributed by atoms with Crippen molar-refractivity contribution in [2.24, 2.45) is 5.92 Å². The SMILES string of the molecule is CCC(CC)C(=O)Nc1nc2ccc(S(=O)(=O)N3CCCC3)cc2s1. The highest BCUT2D eigenvalue weighted by atomic mass is 32.2. The van der Waals surface area contributed by atoms with E-state index in [-0.39, 0.29) is 11.8 Å². The molecular formula is C17H23N3O3S2. The molecule has 1 aliphatic heterocycles. The zero-order valence-corrected chi connectivity index (χ0v) is 16.1. The number of sulfonamides is 1. The predicted molar refractivity (Wildman–Crippen MR) is 100 cm³/mol. The van der Waals surface area contributed by atoms with Gasteiger partial charge in [-0.25, -0.2) is 13.4 Å². The van der Waals surface area contributed by atoms with Gasteiger partial charge in [-0.1, -0.05) is 25.2 Å². The number of hydrogen-bond donors (Lipinski definition) is 1. The number of amides is 1. The van der Waals surface area contributed by atoms with Crippen LogP contribution >= 0.6 is 11.3 Å². The van der Waals surface area contributed by atoms with E-state index in [9.17, 15) is 13.2 Å². The molecule has 3 rings (SSSR count). The Morgan fingerprint density at radius 2 is 1.96 bits per heavy atom. The Morgan fingerprint density at radius 3 is 2.60 bits per heavy atom. The molecule has 0 atom stereocenters. The average Bonchev–Trinajstić information content (AvgIpc) is 3.24. The molecule has 8 heteroatoms. The van der Waals surface area contributed by atoms with E-state index in [0.717, 1.165) is 30.4 Å². The van der Waals surface area contributed by atoms with Crippen LogP contribution in [0.4, 0.5) is 5.13 Å². The number of carbonyl (C=O) groups excluding carboxylic acids is 1. The molecule has 2 heterocycles. The molecule has 2 aromatic rings. The van der Waals surface area contributed by atoms with Crippen LogP contribution in [0.3, 0.4) is 0 Å². The van der Waals surface area contributed by atoms with Gasteiger partial charge in [-0.3, -0.25) is 4.79 Å². The van der Waals surface area contributed by atoms with Crippen molar-refractivity contribution in [1.29, 1.82) is 0 Å². The lowest BCUT2D eigenvalue weighted by Crippen LogP contribution is -2.27. The molecule has 1 aliphatic rings. The molecule has 1 amide bonds. The van der Waals surface area contributed by atoms with Gasteiger partial charge < -0.3 is 5.32 Å². The minimum Gasteiger partial charge on any atom is -0.302 e. The summed E-state index contributed by atoms with van der Waals surface area (Å²) in [7, 11) is -3.44. The number of carbonyl (C=O) groups is 1. The summed E-state index contributed by atoms with van der Waals surface area (Å²) in [6.45, 7) is 5.14. The Morgan fingerprint density at radius 1 is 1.28 bits per heavy atom. The van der Waals surface area contributed by atoms with E-state index < -0.39 is 10.0 Å². The van der Waals surface area contributed by atoms with Gasteiger partial charge >= 0.3 is 0 Å². The first-order valence-corrected chi connectivity index (χ1v) is 10.9. The Kier molecular flexibility index (Phi) is 5.41. The lowest BCUT2D eigenvalue weighted by molar-refractivity contribution is -0.120. The highest BCUT2D eigenvalue weighted by Crippen LogP contribution is 2.30. The van der Waals surface area contributed by atoms with E-state index in [0.29, 0.717) is 28.6 Å². The molecule has 1 fully saturated rings. The molecule has 1 aromatic heterocycles. The van der Waals surface area contributed by atoms with Crippen molar-refractivity contribution < 1.29 is 13.2 Å². The number of thiazole rings is 1. The highest BCUT2D eigenvalue weighted by Gasteiger charge is 2.27. The zero-order chi connectivity index (χ0) is 18.0. The first kappa shape index (κ1) is 18.3. The van der Waals surface area contributed by atoms with Crippen LogP contribution in [0.1, 0.15) is 39.5 Å². The summed E-state index contributed by atoms with van der Waals surface area (Å²) in [6.07, 6.45) is 3.39. The molecule has 0 saturated carbocycles. The number of rotatable bonds is 6. The Hall–Kier alpha value is -1.51. The van der Waals surface area contributed by atoms with Crippen LogP contribution in [0.25, 0.3) is 10.2 Å². The molecule has 1 N–H and O–H groups in total. The van der Waals surface area contributed by atoms with Crippen LogP contribution in [-0.4, -0.2) is 36.7 Å². The molecule has 136 valence electrons. The fourth-order valence-electron chi connectivity index (χ4n) is 3.06. The molecule has 0 unspecified atom stereocenters. The van der Waals surface area contributed by atoms with Gasteiger partial charge in [-0.15, -0.1) is 0 Å². The quantitative estimate of drug-likeness (QED) is 0.831. The van der Waals surface area contributed by atoms with Crippen molar-refractivity contribution in [3.05, 3.63) is 18.2 Å². The summed E-state index contributed by atoms with van der Waals surface area (Å²) in [4.78, 5) is 16.9. The summed E-state index contributed by atoms with van der Waals surface area (Å²) >= 11 is 1.31. The zero-order valence-electron chi connectivity index (χ0n) is 14.5. The van der Waals surface area contributed by atoms with Gasteiger partial charge in [0.25, 0.3) is 0 Å². The van der Waals surface area contributed by atoms with E-state index in [2.05, 4.69) is 10.3 Å². The highest BCUT2D eigenvalue weighted by molar-refractivity contribution is 7.89. The Bertz CT molecular complexity index is 866. The normalized spacial score (nSPS) is 16.0. The van der Waals surface area contributed by atoms with Gasteiger partial charge in [-0.05, 0) is 43.9 Å². The van der Waals surface area contributed by atoms with Gasteiger partial charge in [0, 0.05) is 19.0 Å². The summed E-state index contributed by atoms with van der Waals surface area (Å²) in [5.74, 6) is -0.0629. The smallest absolute Gasteiger partial charge is 0.243 e. The Balaban J connectivity index is 1.85. The molecule has 1 aromatic carbocycles. The molecule has 0 radical (unpaired) electrons. The number of nitrogens with one attached hydrogen (secondary N) is 1. The third-order valence-corrected chi connectivity index (χ3v) is 7.48. The van der Waals surface area contributed by atoms with Crippen LogP contribution in [0.15, 0.2) is 23.1 Å². The molecule has 1 saturated heterocycles. The van der Waals surface area contributed by atoms with Crippen molar-refractivity contribution in [3.8, 4) is 0 Å². The van der Waals surface area contributed by atoms with E-state index in [4.69, 9.17) is 0 Å². The van der Waals surface area contributed by atoms with Gasteiger partial charge in [0.1, 0.15) is 0 Å². The lowest BCUT2D eigenvalue weighted by atomic mass is 10.0. The summed E-state index contributed by atoms with van der Waals surface area (Å²) in [5, 5.41) is 3.37. The summed E-state index contributed by atoms with van der Waals surface area (Å²) < 4.78 is 27.6. The van der Waals surface area contributed by atoms with Gasteiger partial charge in [-0.2, -0.15) is 4.31 Å². The molecule has 25 heavy (non-hydrogen) atoms. The summed E-state index contributed by atoms with van der Waals surface area (Å²) in [6, 6.07) is 4.97. The monoisotopic (exact) mass is 381 g/mol. The third kappa shape index (κ3) is 3.70. The second-order valence-corrected chi connectivity index (χ2v) is 9.23. The van der Waals surface area contributed by atoms with Crippen molar-refractivity contribution in [3.63, 3.8) is 0 Å².